The summed E-state index contributed by atoms with van der Waals surface area (Å²) in [5, 5.41) is 7.63. The molecule has 1 atom stereocenters. The average molecular weight is 210 g/mol. The van der Waals surface area contributed by atoms with Gasteiger partial charge in [-0.2, -0.15) is 5.26 Å². The van der Waals surface area contributed by atoms with E-state index in [1.54, 1.807) is 36.4 Å². The molecule has 4 nitrogen and oxygen atoms in total. The van der Waals surface area contributed by atoms with Crippen molar-refractivity contribution in [2.24, 2.45) is 0 Å². The van der Waals surface area contributed by atoms with E-state index in [9.17, 15) is 8.42 Å². The lowest BCUT2D eigenvalue weighted by Crippen LogP contribution is -2.24. The van der Waals surface area contributed by atoms with Crippen LogP contribution in [-0.2, 0) is 10.0 Å². The number of nitrogens with zero attached hydrogens (tertiary/aromatic N) is 1. The van der Waals surface area contributed by atoms with Crippen LogP contribution in [0.3, 0.4) is 0 Å². The third-order valence-corrected chi connectivity index (χ3v) is 3.38. The van der Waals surface area contributed by atoms with Crippen molar-refractivity contribution in [3.05, 3.63) is 35.9 Å². The molecule has 14 heavy (non-hydrogen) atoms. The van der Waals surface area contributed by atoms with Gasteiger partial charge in [-0.05, 0) is 12.6 Å². The third kappa shape index (κ3) is 2.10. The van der Waals surface area contributed by atoms with Crippen molar-refractivity contribution >= 4 is 10.0 Å². The van der Waals surface area contributed by atoms with Crippen LogP contribution in [0.5, 0.6) is 0 Å². The van der Waals surface area contributed by atoms with Gasteiger partial charge < -0.3 is 0 Å². The Bertz CT molecular complexity index is 434. The van der Waals surface area contributed by atoms with Gasteiger partial charge in [0.2, 0.25) is 10.0 Å². The van der Waals surface area contributed by atoms with Gasteiger partial charge in [-0.1, -0.05) is 30.3 Å². The van der Waals surface area contributed by atoms with E-state index in [1.165, 1.54) is 7.05 Å². The SMILES string of the molecule is CNS(=O)(=O)C(C#N)c1ccccc1. The van der Waals surface area contributed by atoms with Gasteiger partial charge >= 0.3 is 0 Å². The molecule has 0 aliphatic rings. The molecule has 0 fully saturated rings. The number of sulfonamides is 1. The smallest absolute Gasteiger partial charge is 0.217 e. The molecule has 1 unspecified atom stereocenters. The van der Waals surface area contributed by atoms with Crippen molar-refractivity contribution in [3.63, 3.8) is 0 Å². The molecule has 0 aliphatic heterocycles. The predicted octanol–water partition coefficient (Wildman–Crippen LogP) is 0.800. The highest BCUT2D eigenvalue weighted by molar-refractivity contribution is 7.89. The molecule has 0 heterocycles. The van der Waals surface area contributed by atoms with E-state index in [2.05, 4.69) is 4.72 Å². The van der Waals surface area contributed by atoms with Gasteiger partial charge in [0.1, 0.15) is 0 Å². The maximum absolute atomic E-state index is 11.4. The van der Waals surface area contributed by atoms with Crippen molar-refractivity contribution in [2.45, 2.75) is 5.25 Å². The van der Waals surface area contributed by atoms with E-state index >= 15 is 0 Å². The van der Waals surface area contributed by atoms with Gasteiger partial charge in [0.05, 0.1) is 6.07 Å². The molecule has 1 rings (SSSR count). The van der Waals surface area contributed by atoms with Crippen LogP contribution in [-0.4, -0.2) is 15.5 Å². The van der Waals surface area contributed by atoms with E-state index < -0.39 is 15.3 Å². The second kappa shape index (κ2) is 4.22. The number of hydrogen-bond acceptors (Lipinski definition) is 3. The summed E-state index contributed by atoms with van der Waals surface area (Å²) in [6.45, 7) is 0. The summed E-state index contributed by atoms with van der Waals surface area (Å²) < 4.78 is 24.9. The van der Waals surface area contributed by atoms with Crippen molar-refractivity contribution < 1.29 is 8.42 Å². The highest BCUT2D eigenvalue weighted by atomic mass is 32.2. The van der Waals surface area contributed by atoms with Crippen molar-refractivity contribution in [1.29, 1.82) is 5.26 Å². The first-order valence-electron chi connectivity index (χ1n) is 3.98. The molecule has 0 saturated carbocycles. The lowest BCUT2D eigenvalue weighted by molar-refractivity contribution is 0.583. The number of rotatable bonds is 3. The first-order chi connectivity index (χ1) is 6.61. The van der Waals surface area contributed by atoms with Gasteiger partial charge in [0.15, 0.2) is 5.25 Å². The first-order valence-corrected chi connectivity index (χ1v) is 5.53. The average Bonchev–Trinajstić information content (AvgIpc) is 2.20. The number of nitrogens with one attached hydrogen (secondary N) is 1. The van der Waals surface area contributed by atoms with Crippen LogP contribution < -0.4 is 4.72 Å². The zero-order chi connectivity index (χ0) is 10.6. The Morgan fingerprint density at radius 1 is 1.36 bits per heavy atom. The fourth-order valence-electron chi connectivity index (χ4n) is 1.07. The van der Waals surface area contributed by atoms with Crippen molar-refractivity contribution in [1.82, 2.24) is 4.72 Å². The fourth-order valence-corrected chi connectivity index (χ4v) is 1.96. The van der Waals surface area contributed by atoms with E-state index in [-0.39, 0.29) is 0 Å². The Morgan fingerprint density at radius 2 is 1.93 bits per heavy atom. The summed E-state index contributed by atoms with van der Waals surface area (Å²) in [5.74, 6) is 0. The van der Waals surface area contributed by atoms with E-state index in [4.69, 9.17) is 5.26 Å². The highest BCUT2D eigenvalue weighted by Crippen LogP contribution is 2.19. The maximum Gasteiger partial charge on any atom is 0.232 e. The van der Waals surface area contributed by atoms with E-state index in [0.717, 1.165) is 0 Å². The zero-order valence-electron chi connectivity index (χ0n) is 7.64. The molecule has 1 aromatic rings. The minimum absolute atomic E-state index is 0.476. The molecule has 1 N–H and O–H groups in total. The summed E-state index contributed by atoms with van der Waals surface area (Å²) in [7, 11) is -2.28. The zero-order valence-corrected chi connectivity index (χ0v) is 8.45. The minimum atomic E-state index is -3.57. The van der Waals surface area contributed by atoms with E-state index in [1.807, 2.05) is 0 Å². The van der Waals surface area contributed by atoms with Gasteiger partial charge in [0.25, 0.3) is 0 Å². The van der Waals surface area contributed by atoms with Crippen LogP contribution in [0.2, 0.25) is 0 Å². The third-order valence-electron chi connectivity index (χ3n) is 1.81. The lowest BCUT2D eigenvalue weighted by atomic mass is 10.2. The van der Waals surface area contributed by atoms with Gasteiger partial charge in [0, 0.05) is 0 Å². The van der Waals surface area contributed by atoms with Crippen LogP contribution >= 0.6 is 0 Å². The summed E-state index contributed by atoms with van der Waals surface area (Å²) in [6, 6.07) is 10.2. The molecule has 1 aromatic carbocycles. The molecule has 0 bridgehead atoms. The lowest BCUT2D eigenvalue weighted by Gasteiger charge is -2.08. The molecule has 0 aliphatic carbocycles. The van der Waals surface area contributed by atoms with Gasteiger partial charge in [-0.25, -0.2) is 13.1 Å². The molecule has 0 radical (unpaired) electrons. The Hall–Kier alpha value is -1.38. The van der Waals surface area contributed by atoms with Gasteiger partial charge in [-0.3, -0.25) is 0 Å². The molecule has 0 saturated heterocycles. The molecule has 0 aromatic heterocycles. The highest BCUT2D eigenvalue weighted by Gasteiger charge is 2.24. The second-order valence-corrected chi connectivity index (χ2v) is 4.64. The maximum atomic E-state index is 11.4. The fraction of sp³-hybridized carbons (Fsp3) is 0.222. The Morgan fingerprint density at radius 3 is 2.36 bits per heavy atom. The quantitative estimate of drug-likeness (QED) is 0.802. The van der Waals surface area contributed by atoms with Crippen LogP contribution in [0.25, 0.3) is 0 Å². The topological polar surface area (TPSA) is 70.0 Å². The largest absolute Gasteiger partial charge is 0.232 e. The van der Waals surface area contributed by atoms with Crippen LogP contribution in [0.1, 0.15) is 10.8 Å². The summed E-state index contributed by atoms with van der Waals surface area (Å²) in [5.41, 5.74) is 0.476. The summed E-state index contributed by atoms with van der Waals surface area (Å²) in [4.78, 5) is 0. The monoisotopic (exact) mass is 210 g/mol. The Labute approximate surface area is 83.2 Å². The molecular weight excluding hydrogens is 200 g/mol. The number of hydrogen-bond donors (Lipinski definition) is 1. The van der Waals surface area contributed by atoms with Crippen LogP contribution in [0, 0.1) is 11.3 Å². The predicted molar refractivity (Wildman–Crippen MR) is 52.8 cm³/mol. The van der Waals surface area contributed by atoms with Gasteiger partial charge in [-0.15, -0.1) is 0 Å². The molecule has 0 spiro atoms. The molecule has 74 valence electrons. The molecular formula is C9H10N2O2S. The van der Waals surface area contributed by atoms with Crippen LogP contribution in [0.15, 0.2) is 30.3 Å². The van der Waals surface area contributed by atoms with Crippen molar-refractivity contribution in [2.75, 3.05) is 7.05 Å². The van der Waals surface area contributed by atoms with Crippen LogP contribution in [0.4, 0.5) is 0 Å². The first kappa shape index (κ1) is 10.7. The standard InChI is InChI=1S/C9H10N2O2S/c1-11-14(12,13)9(7-10)8-5-3-2-4-6-8/h2-6,9,11H,1H3. The Balaban J connectivity index is 3.15. The molecule has 5 heteroatoms. The summed E-state index contributed by atoms with van der Waals surface area (Å²) in [6.07, 6.45) is 0. The second-order valence-electron chi connectivity index (χ2n) is 2.67. The number of benzene rings is 1. The van der Waals surface area contributed by atoms with Crippen molar-refractivity contribution in [3.8, 4) is 6.07 Å². The summed E-state index contributed by atoms with van der Waals surface area (Å²) >= 11 is 0. The van der Waals surface area contributed by atoms with E-state index in [0.29, 0.717) is 5.56 Å². The Kier molecular flexibility index (Phi) is 3.23. The minimum Gasteiger partial charge on any atom is -0.217 e. The molecule has 0 amide bonds. The normalized spacial score (nSPS) is 13.1. The number of nitriles is 1.